The summed E-state index contributed by atoms with van der Waals surface area (Å²) < 4.78 is 0. The molecule has 0 bridgehead atoms. The highest BCUT2D eigenvalue weighted by atomic mass is 32.1. The number of hydrogen-bond acceptors (Lipinski definition) is 3. The van der Waals surface area contributed by atoms with Crippen molar-refractivity contribution in [3.05, 3.63) is 40.9 Å². The maximum absolute atomic E-state index is 9.44. The molecule has 2 rings (SSSR count). The number of aliphatic hydroxyl groups excluding tert-OH is 1. The molecule has 1 N–H and O–H groups in total. The molecule has 1 unspecified atom stereocenters. The van der Waals surface area contributed by atoms with Crippen molar-refractivity contribution in [2.24, 2.45) is 5.92 Å². The van der Waals surface area contributed by atoms with Crippen LogP contribution in [-0.2, 0) is 0 Å². The molecule has 0 saturated carbocycles. The van der Waals surface area contributed by atoms with Crippen molar-refractivity contribution in [3.63, 3.8) is 0 Å². The number of benzene rings is 1. The predicted molar refractivity (Wildman–Crippen MR) is 77.0 cm³/mol. The van der Waals surface area contributed by atoms with E-state index in [1.165, 1.54) is 5.56 Å². The number of aromatic nitrogens is 1. The second-order valence-corrected chi connectivity index (χ2v) is 5.84. The Morgan fingerprint density at radius 1 is 1.33 bits per heavy atom. The van der Waals surface area contributed by atoms with Crippen molar-refractivity contribution < 1.29 is 5.11 Å². The van der Waals surface area contributed by atoms with Gasteiger partial charge in [0.1, 0.15) is 5.01 Å². The first-order chi connectivity index (χ1) is 8.61. The van der Waals surface area contributed by atoms with E-state index in [1.54, 1.807) is 11.3 Å². The molecule has 0 aliphatic rings. The van der Waals surface area contributed by atoms with Gasteiger partial charge in [0.25, 0.3) is 0 Å². The highest BCUT2D eigenvalue weighted by molar-refractivity contribution is 7.13. The average Bonchev–Trinajstić information content (AvgIpc) is 2.79. The van der Waals surface area contributed by atoms with Gasteiger partial charge in [-0.25, -0.2) is 4.98 Å². The summed E-state index contributed by atoms with van der Waals surface area (Å²) in [5.74, 6) is 0.544. The van der Waals surface area contributed by atoms with Crippen LogP contribution >= 0.6 is 11.3 Å². The number of nitrogens with zero attached hydrogens (tertiary/aromatic N) is 1. The predicted octanol–water partition coefficient (Wildman–Crippen LogP) is 3.85. The summed E-state index contributed by atoms with van der Waals surface area (Å²) in [6.07, 6.45) is 0. The van der Waals surface area contributed by atoms with Crippen LogP contribution < -0.4 is 0 Å². The van der Waals surface area contributed by atoms with Crippen LogP contribution in [0.1, 0.15) is 31.0 Å². The second-order valence-electron chi connectivity index (χ2n) is 4.98. The molecule has 1 aromatic heterocycles. The molecule has 0 aliphatic heterocycles. The number of aryl methyl sites for hydroxylation is 1. The molecule has 18 heavy (non-hydrogen) atoms. The van der Waals surface area contributed by atoms with Crippen LogP contribution in [0.5, 0.6) is 0 Å². The van der Waals surface area contributed by atoms with E-state index in [0.29, 0.717) is 5.92 Å². The van der Waals surface area contributed by atoms with Crippen LogP contribution in [0.15, 0.2) is 29.6 Å². The van der Waals surface area contributed by atoms with Gasteiger partial charge in [-0.3, -0.25) is 0 Å². The van der Waals surface area contributed by atoms with Gasteiger partial charge in [-0.1, -0.05) is 37.6 Å². The van der Waals surface area contributed by atoms with Crippen molar-refractivity contribution in [1.29, 1.82) is 0 Å². The molecule has 0 amide bonds. The first kappa shape index (κ1) is 13.2. The molecule has 1 atom stereocenters. The third-order valence-corrected chi connectivity index (χ3v) is 4.08. The molecule has 3 heteroatoms. The van der Waals surface area contributed by atoms with Crippen LogP contribution in [-0.4, -0.2) is 16.7 Å². The monoisotopic (exact) mass is 261 g/mol. The number of thiazole rings is 1. The van der Waals surface area contributed by atoms with Crippen LogP contribution in [0.4, 0.5) is 0 Å². The molecule has 0 aliphatic carbocycles. The minimum absolute atomic E-state index is 0.139. The van der Waals surface area contributed by atoms with E-state index in [1.807, 2.05) is 0 Å². The third kappa shape index (κ3) is 2.79. The summed E-state index contributed by atoms with van der Waals surface area (Å²) in [6.45, 7) is 6.48. The lowest BCUT2D eigenvalue weighted by atomic mass is 9.94. The number of rotatable bonds is 4. The van der Waals surface area contributed by atoms with Crippen LogP contribution in [0, 0.1) is 12.8 Å². The molecule has 2 aromatic rings. The fourth-order valence-corrected chi connectivity index (χ4v) is 2.89. The fourth-order valence-electron chi connectivity index (χ4n) is 2.01. The molecule has 1 aromatic carbocycles. The van der Waals surface area contributed by atoms with Gasteiger partial charge in [0.2, 0.25) is 0 Å². The van der Waals surface area contributed by atoms with Gasteiger partial charge in [0.15, 0.2) is 0 Å². The molecular weight excluding hydrogens is 242 g/mol. The summed E-state index contributed by atoms with van der Waals surface area (Å²) in [5, 5.41) is 12.5. The Kier molecular flexibility index (Phi) is 4.15. The molecule has 1 heterocycles. The summed E-state index contributed by atoms with van der Waals surface area (Å²) in [6, 6.07) is 8.37. The lowest BCUT2D eigenvalue weighted by Gasteiger charge is -2.15. The first-order valence-corrected chi connectivity index (χ1v) is 7.13. The summed E-state index contributed by atoms with van der Waals surface area (Å²) in [4.78, 5) is 4.67. The Labute approximate surface area is 112 Å². The van der Waals surface area contributed by atoms with E-state index in [2.05, 4.69) is 55.4 Å². The van der Waals surface area contributed by atoms with Gasteiger partial charge in [0.05, 0.1) is 12.3 Å². The standard InChI is InChI=1S/C15H19NOS/c1-10(2)13(8-17)14-9-18-15(16-14)12-6-4-5-11(3)7-12/h4-7,9-10,13,17H,8H2,1-3H3. The highest BCUT2D eigenvalue weighted by Gasteiger charge is 2.18. The summed E-state index contributed by atoms with van der Waals surface area (Å²) in [7, 11) is 0. The van der Waals surface area contributed by atoms with E-state index in [0.717, 1.165) is 16.3 Å². The van der Waals surface area contributed by atoms with Crippen LogP contribution in [0.2, 0.25) is 0 Å². The van der Waals surface area contributed by atoms with Crippen LogP contribution in [0.25, 0.3) is 10.6 Å². The van der Waals surface area contributed by atoms with E-state index in [9.17, 15) is 5.11 Å². The maximum atomic E-state index is 9.44. The van der Waals surface area contributed by atoms with Gasteiger partial charge < -0.3 is 5.11 Å². The first-order valence-electron chi connectivity index (χ1n) is 6.25. The Morgan fingerprint density at radius 2 is 2.11 bits per heavy atom. The van der Waals surface area contributed by atoms with Crippen molar-refractivity contribution in [2.75, 3.05) is 6.61 Å². The van der Waals surface area contributed by atoms with Gasteiger partial charge >= 0.3 is 0 Å². The molecule has 2 nitrogen and oxygen atoms in total. The molecule has 0 saturated heterocycles. The van der Waals surface area contributed by atoms with Crippen LogP contribution in [0.3, 0.4) is 0 Å². The molecule has 0 spiro atoms. The van der Waals surface area contributed by atoms with E-state index in [4.69, 9.17) is 0 Å². The Hall–Kier alpha value is -1.19. The topological polar surface area (TPSA) is 33.1 Å². The van der Waals surface area contributed by atoms with Gasteiger partial charge in [-0.05, 0) is 18.9 Å². The molecule has 0 fully saturated rings. The minimum Gasteiger partial charge on any atom is -0.396 e. The zero-order valence-corrected chi connectivity index (χ0v) is 11.9. The molecule has 96 valence electrons. The normalized spacial score (nSPS) is 12.9. The largest absolute Gasteiger partial charge is 0.396 e. The van der Waals surface area contributed by atoms with Gasteiger partial charge in [-0.2, -0.15) is 0 Å². The smallest absolute Gasteiger partial charge is 0.123 e. The zero-order valence-electron chi connectivity index (χ0n) is 11.1. The molecule has 0 radical (unpaired) electrons. The summed E-state index contributed by atoms with van der Waals surface area (Å²) >= 11 is 1.65. The molecular formula is C15H19NOS. The quantitative estimate of drug-likeness (QED) is 0.906. The maximum Gasteiger partial charge on any atom is 0.123 e. The zero-order chi connectivity index (χ0) is 13.1. The Bertz CT molecular complexity index is 519. The second kappa shape index (κ2) is 5.63. The van der Waals surface area contributed by atoms with Crippen molar-refractivity contribution in [2.45, 2.75) is 26.7 Å². The van der Waals surface area contributed by atoms with Crippen molar-refractivity contribution in [1.82, 2.24) is 4.98 Å². The third-order valence-electron chi connectivity index (χ3n) is 3.17. The highest BCUT2D eigenvalue weighted by Crippen LogP contribution is 2.30. The Balaban J connectivity index is 2.30. The van der Waals surface area contributed by atoms with Gasteiger partial charge in [-0.15, -0.1) is 11.3 Å². The lowest BCUT2D eigenvalue weighted by molar-refractivity contribution is 0.235. The lowest BCUT2D eigenvalue weighted by Crippen LogP contribution is -2.11. The summed E-state index contributed by atoms with van der Waals surface area (Å²) in [5.41, 5.74) is 3.41. The SMILES string of the molecule is Cc1cccc(-c2nc(C(CO)C(C)C)cs2)c1. The van der Waals surface area contributed by atoms with E-state index in [-0.39, 0.29) is 12.5 Å². The van der Waals surface area contributed by atoms with Crippen molar-refractivity contribution in [3.8, 4) is 10.6 Å². The van der Waals surface area contributed by atoms with Gasteiger partial charge in [0, 0.05) is 16.9 Å². The average molecular weight is 261 g/mol. The number of hydrogen-bond donors (Lipinski definition) is 1. The Morgan fingerprint density at radius 3 is 2.72 bits per heavy atom. The van der Waals surface area contributed by atoms with Crippen molar-refractivity contribution >= 4 is 11.3 Å². The van der Waals surface area contributed by atoms with E-state index >= 15 is 0 Å². The number of aliphatic hydroxyl groups is 1. The fraction of sp³-hybridized carbons (Fsp3) is 0.400. The van der Waals surface area contributed by atoms with E-state index < -0.39 is 0 Å². The minimum atomic E-state index is 0.139.